The topological polar surface area (TPSA) is 88.2 Å². The number of rotatable bonds is 7. The summed E-state index contributed by atoms with van der Waals surface area (Å²) >= 11 is 0. The van der Waals surface area contributed by atoms with Crippen molar-refractivity contribution in [1.82, 2.24) is 15.6 Å². The number of nitrogens with one attached hydrogen (secondary N) is 2. The van der Waals surface area contributed by atoms with Crippen LogP contribution in [0.1, 0.15) is 24.9 Å². The number of amides is 2. The minimum absolute atomic E-state index is 0.00278. The summed E-state index contributed by atoms with van der Waals surface area (Å²) in [6.07, 6.45) is 3.69. The van der Waals surface area contributed by atoms with Gasteiger partial charge in [-0.05, 0) is 43.2 Å². The van der Waals surface area contributed by atoms with Gasteiger partial charge in [0.15, 0.2) is 9.84 Å². The van der Waals surface area contributed by atoms with Crippen molar-refractivity contribution in [2.24, 2.45) is 0 Å². The molecule has 0 radical (unpaired) electrons. The van der Waals surface area contributed by atoms with Crippen LogP contribution in [-0.4, -0.2) is 31.7 Å². The molecule has 2 amide bonds. The van der Waals surface area contributed by atoms with Gasteiger partial charge in [0, 0.05) is 18.9 Å². The molecule has 128 valence electrons. The highest BCUT2D eigenvalue weighted by molar-refractivity contribution is 7.91. The lowest BCUT2D eigenvalue weighted by atomic mass is 10.1. The first-order chi connectivity index (χ1) is 11.5. The van der Waals surface area contributed by atoms with Crippen molar-refractivity contribution in [2.45, 2.75) is 24.3 Å². The molecule has 0 spiro atoms. The predicted octanol–water partition coefficient (Wildman–Crippen LogP) is 2.31. The van der Waals surface area contributed by atoms with Crippen LogP contribution >= 0.6 is 0 Å². The maximum Gasteiger partial charge on any atom is 0.315 e. The molecule has 1 aromatic carbocycles. The summed E-state index contributed by atoms with van der Waals surface area (Å²) in [5, 5.41) is 5.48. The summed E-state index contributed by atoms with van der Waals surface area (Å²) in [6.45, 7) is 2.16. The third kappa shape index (κ3) is 5.34. The fourth-order valence-corrected chi connectivity index (χ4v) is 3.52. The van der Waals surface area contributed by atoms with E-state index in [-0.39, 0.29) is 17.8 Å². The summed E-state index contributed by atoms with van der Waals surface area (Å²) in [6, 6.07) is 11.5. The molecule has 24 heavy (non-hydrogen) atoms. The van der Waals surface area contributed by atoms with Crippen molar-refractivity contribution in [2.75, 3.05) is 12.3 Å². The van der Waals surface area contributed by atoms with E-state index in [1.165, 1.54) is 0 Å². The van der Waals surface area contributed by atoms with Crippen LogP contribution in [-0.2, 0) is 9.84 Å². The van der Waals surface area contributed by atoms with E-state index in [2.05, 4.69) is 15.6 Å². The average Bonchev–Trinajstić information content (AvgIpc) is 2.60. The quantitative estimate of drug-likeness (QED) is 0.752. The van der Waals surface area contributed by atoms with Crippen molar-refractivity contribution in [3.63, 3.8) is 0 Å². The van der Waals surface area contributed by atoms with Crippen LogP contribution in [0.2, 0.25) is 0 Å². The molecule has 6 nitrogen and oxygen atoms in total. The van der Waals surface area contributed by atoms with Crippen LogP contribution in [0.5, 0.6) is 0 Å². The highest BCUT2D eigenvalue weighted by Gasteiger charge is 2.14. The van der Waals surface area contributed by atoms with Gasteiger partial charge >= 0.3 is 6.03 Å². The molecular formula is C17H21N3O3S. The molecule has 2 rings (SSSR count). The summed E-state index contributed by atoms with van der Waals surface area (Å²) < 4.78 is 24.2. The predicted molar refractivity (Wildman–Crippen MR) is 92.3 cm³/mol. The second-order valence-electron chi connectivity index (χ2n) is 5.39. The van der Waals surface area contributed by atoms with Gasteiger partial charge in [-0.2, -0.15) is 0 Å². The van der Waals surface area contributed by atoms with E-state index < -0.39 is 9.84 Å². The van der Waals surface area contributed by atoms with Gasteiger partial charge in [0.1, 0.15) is 0 Å². The minimum atomic E-state index is -3.30. The molecule has 7 heteroatoms. The smallest absolute Gasteiger partial charge is 0.315 e. The molecule has 0 aliphatic heterocycles. The Morgan fingerprint density at radius 1 is 1.12 bits per heavy atom. The van der Waals surface area contributed by atoms with E-state index in [4.69, 9.17) is 0 Å². The van der Waals surface area contributed by atoms with Crippen LogP contribution in [0.4, 0.5) is 4.79 Å². The van der Waals surface area contributed by atoms with E-state index >= 15 is 0 Å². The van der Waals surface area contributed by atoms with Crippen molar-refractivity contribution in [3.8, 4) is 0 Å². The Balaban J connectivity index is 1.73. The third-order valence-electron chi connectivity index (χ3n) is 3.53. The van der Waals surface area contributed by atoms with Gasteiger partial charge in [0.25, 0.3) is 0 Å². The van der Waals surface area contributed by atoms with Gasteiger partial charge in [-0.25, -0.2) is 13.2 Å². The summed E-state index contributed by atoms with van der Waals surface area (Å²) in [7, 11) is -3.30. The molecule has 1 aromatic heterocycles. The van der Waals surface area contributed by atoms with Crippen LogP contribution in [0.3, 0.4) is 0 Å². The average molecular weight is 347 g/mol. The molecule has 0 aliphatic carbocycles. The number of nitrogens with zero attached hydrogens (tertiary/aromatic N) is 1. The number of aromatic nitrogens is 1. The Morgan fingerprint density at radius 2 is 1.79 bits per heavy atom. The molecule has 0 fully saturated rings. The lowest BCUT2D eigenvalue weighted by Gasteiger charge is -2.14. The largest absolute Gasteiger partial charge is 0.338 e. The number of carbonyl (C=O) groups excluding carboxylic acids is 1. The van der Waals surface area contributed by atoms with Crippen LogP contribution < -0.4 is 10.6 Å². The maximum absolute atomic E-state index is 12.1. The Labute approximate surface area is 142 Å². The van der Waals surface area contributed by atoms with E-state index in [1.54, 1.807) is 42.7 Å². The first-order valence-electron chi connectivity index (χ1n) is 7.71. The summed E-state index contributed by atoms with van der Waals surface area (Å²) in [5.74, 6) is -0.00278. The van der Waals surface area contributed by atoms with Crippen molar-refractivity contribution in [1.29, 1.82) is 0 Å². The van der Waals surface area contributed by atoms with E-state index in [0.29, 0.717) is 17.9 Å². The van der Waals surface area contributed by atoms with Gasteiger partial charge in [0.05, 0.1) is 16.7 Å². The van der Waals surface area contributed by atoms with E-state index in [9.17, 15) is 13.2 Å². The lowest BCUT2D eigenvalue weighted by Crippen LogP contribution is -2.37. The van der Waals surface area contributed by atoms with Gasteiger partial charge in [0.2, 0.25) is 0 Å². The standard InChI is InChI=1S/C17H21N3O3S/c1-14(15-8-11-18-12-9-15)20-17(21)19-10-5-13-24(22,23)16-6-3-2-4-7-16/h2-4,6-9,11-12,14H,5,10,13H2,1H3,(H2,19,20,21). The first kappa shape index (κ1) is 17.9. The molecule has 0 saturated carbocycles. The van der Waals surface area contributed by atoms with Crippen LogP contribution in [0, 0.1) is 0 Å². The highest BCUT2D eigenvalue weighted by atomic mass is 32.2. The van der Waals surface area contributed by atoms with E-state index in [0.717, 1.165) is 5.56 Å². The summed E-state index contributed by atoms with van der Waals surface area (Å²) in [4.78, 5) is 16.1. The Bertz CT molecular complexity index is 749. The van der Waals surface area contributed by atoms with Gasteiger partial charge in [-0.1, -0.05) is 18.2 Å². The second-order valence-corrected chi connectivity index (χ2v) is 7.50. The van der Waals surface area contributed by atoms with Crippen molar-refractivity contribution < 1.29 is 13.2 Å². The zero-order chi connectivity index (χ0) is 17.4. The first-order valence-corrected chi connectivity index (χ1v) is 9.36. The molecule has 1 unspecified atom stereocenters. The van der Waals surface area contributed by atoms with Crippen molar-refractivity contribution >= 4 is 15.9 Å². The molecule has 1 atom stereocenters. The zero-order valence-electron chi connectivity index (χ0n) is 13.5. The fourth-order valence-electron chi connectivity index (χ4n) is 2.19. The van der Waals surface area contributed by atoms with Crippen LogP contribution in [0.25, 0.3) is 0 Å². The minimum Gasteiger partial charge on any atom is -0.338 e. The second kappa shape index (κ2) is 8.44. The van der Waals surface area contributed by atoms with E-state index in [1.807, 2.05) is 19.1 Å². The van der Waals surface area contributed by atoms with Gasteiger partial charge in [-0.3, -0.25) is 4.98 Å². The molecule has 1 heterocycles. The Hall–Kier alpha value is -2.41. The van der Waals surface area contributed by atoms with Crippen molar-refractivity contribution in [3.05, 3.63) is 60.4 Å². The third-order valence-corrected chi connectivity index (χ3v) is 5.35. The zero-order valence-corrected chi connectivity index (χ0v) is 14.3. The summed E-state index contributed by atoms with van der Waals surface area (Å²) in [5.41, 5.74) is 0.951. The Morgan fingerprint density at radius 3 is 2.46 bits per heavy atom. The molecule has 2 aromatic rings. The number of urea groups is 1. The number of pyridine rings is 1. The molecular weight excluding hydrogens is 326 g/mol. The Kier molecular flexibility index (Phi) is 6.31. The number of carbonyl (C=O) groups is 1. The molecule has 0 bridgehead atoms. The molecule has 0 aliphatic rings. The lowest BCUT2D eigenvalue weighted by molar-refractivity contribution is 0.238. The highest BCUT2D eigenvalue weighted by Crippen LogP contribution is 2.11. The number of benzene rings is 1. The van der Waals surface area contributed by atoms with Gasteiger partial charge in [-0.15, -0.1) is 0 Å². The maximum atomic E-state index is 12.1. The molecule has 2 N–H and O–H groups in total. The number of hydrogen-bond donors (Lipinski definition) is 2. The molecule has 0 saturated heterocycles. The van der Waals surface area contributed by atoms with Gasteiger partial charge < -0.3 is 10.6 Å². The van der Waals surface area contributed by atoms with Crippen LogP contribution in [0.15, 0.2) is 59.8 Å². The SMILES string of the molecule is CC(NC(=O)NCCCS(=O)(=O)c1ccccc1)c1ccncc1. The fraction of sp³-hybridized carbons (Fsp3) is 0.294. The number of hydrogen-bond acceptors (Lipinski definition) is 4. The normalized spacial score (nSPS) is 12.4. The monoisotopic (exact) mass is 347 g/mol. The number of sulfone groups is 1.